The van der Waals surface area contributed by atoms with Crippen LogP contribution in [0.25, 0.3) is 0 Å². The van der Waals surface area contributed by atoms with Crippen molar-refractivity contribution < 1.29 is 4.74 Å². The number of aromatic amines is 1. The summed E-state index contributed by atoms with van der Waals surface area (Å²) in [5.41, 5.74) is 2.45. The van der Waals surface area contributed by atoms with Gasteiger partial charge in [-0.05, 0) is 31.7 Å². The zero-order valence-corrected chi connectivity index (χ0v) is 9.52. The summed E-state index contributed by atoms with van der Waals surface area (Å²) >= 11 is 0. The second-order valence-electron chi connectivity index (χ2n) is 4.15. The third-order valence-corrected chi connectivity index (χ3v) is 2.98. The molecule has 0 saturated carbocycles. The van der Waals surface area contributed by atoms with Gasteiger partial charge in [-0.15, -0.1) is 5.10 Å². The highest BCUT2D eigenvalue weighted by molar-refractivity contribution is 5.32. The van der Waals surface area contributed by atoms with Crippen LogP contribution in [0.1, 0.15) is 29.9 Å². The second-order valence-corrected chi connectivity index (χ2v) is 4.15. The van der Waals surface area contributed by atoms with E-state index in [2.05, 4.69) is 20.2 Å². The first kappa shape index (κ1) is 10.3. The largest absolute Gasteiger partial charge is 0.468 e. The Hall–Kier alpha value is -1.91. The van der Waals surface area contributed by atoms with Crippen molar-refractivity contribution in [3.05, 3.63) is 35.5 Å². The first-order valence-electron chi connectivity index (χ1n) is 5.88. The summed E-state index contributed by atoms with van der Waals surface area (Å²) in [5.74, 6) is 1.40. The molecule has 5 nitrogen and oxygen atoms in total. The fraction of sp³-hybridized carbons (Fsp3) is 0.417. The molecule has 0 saturated heterocycles. The summed E-state index contributed by atoms with van der Waals surface area (Å²) in [6.07, 6.45) is 8.00. The van der Waals surface area contributed by atoms with Crippen molar-refractivity contribution >= 4 is 0 Å². The highest BCUT2D eigenvalue weighted by Crippen LogP contribution is 2.27. The Morgan fingerprint density at radius 1 is 1.18 bits per heavy atom. The Balaban J connectivity index is 1.71. The van der Waals surface area contributed by atoms with Gasteiger partial charge in [-0.25, -0.2) is 9.97 Å². The van der Waals surface area contributed by atoms with Gasteiger partial charge in [0.15, 0.2) is 5.82 Å². The van der Waals surface area contributed by atoms with Crippen LogP contribution in [0.5, 0.6) is 5.88 Å². The topological polar surface area (TPSA) is 63.7 Å². The summed E-state index contributed by atoms with van der Waals surface area (Å²) in [6, 6.07) is 1.79. The van der Waals surface area contributed by atoms with Gasteiger partial charge in [0.05, 0.1) is 0 Å². The maximum absolute atomic E-state index is 5.66. The molecule has 0 amide bonds. The molecule has 2 aromatic heterocycles. The molecule has 2 aromatic rings. The van der Waals surface area contributed by atoms with Gasteiger partial charge in [0, 0.05) is 23.7 Å². The molecule has 0 unspecified atom stereocenters. The lowest BCUT2D eigenvalue weighted by molar-refractivity contribution is 0.280. The number of nitrogens with one attached hydrogen (secondary N) is 1. The molecule has 0 aromatic carbocycles. The summed E-state index contributed by atoms with van der Waals surface area (Å²) in [7, 11) is 0. The van der Waals surface area contributed by atoms with Gasteiger partial charge < -0.3 is 4.74 Å². The fourth-order valence-corrected chi connectivity index (χ4v) is 2.11. The Bertz CT molecular complexity index is 494. The van der Waals surface area contributed by atoms with Gasteiger partial charge >= 0.3 is 0 Å². The van der Waals surface area contributed by atoms with E-state index in [1.165, 1.54) is 24.1 Å². The van der Waals surface area contributed by atoms with Crippen LogP contribution in [-0.4, -0.2) is 20.2 Å². The van der Waals surface area contributed by atoms with Crippen LogP contribution in [-0.2, 0) is 19.4 Å². The first-order valence-corrected chi connectivity index (χ1v) is 5.88. The van der Waals surface area contributed by atoms with E-state index in [0.717, 1.165) is 12.8 Å². The second kappa shape index (κ2) is 4.53. The van der Waals surface area contributed by atoms with Crippen LogP contribution in [0.15, 0.2) is 18.5 Å². The van der Waals surface area contributed by atoms with Gasteiger partial charge in [0.2, 0.25) is 5.88 Å². The highest BCUT2D eigenvalue weighted by atomic mass is 16.5. The number of aromatic nitrogens is 4. The van der Waals surface area contributed by atoms with E-state index in [4.69, 9.17) is 4.74 Å². The summed E-state index contributed by atoms with van der Waals surface area (Å²) in [6.45, 7) is 0.373. The van der Waals surface area contributed by atoms with E-state index in [9.17, 15) is 0 Å². The predicted molar refractivity (Wildman–Crippen MR) is 61.6 cm³/mol. The molecule has 2 heterocycles. The number of fused-ring (bicyclic) bond motifs is 1. The lowest BCUT2D eigenvalue weighted by atomic mass is 9.98. The molecule has 5 heteroatoms. The van der Waals surface area contributed by atoms with E-state index in [0.29, 0.717) is 18.3 Å². The smallest absolute Gasteiger partial charge is 0.236 e. The molecule has 0 atom stereocenters. The molecule has 0 fully saturated rings. The minimum absolute atomic E-state index is 0.373. The first-order chi connectivity index (χ1) is 8.43. The molecule has 17 heavy (non-hydrogen) atoms. The summed E-state index contributed by atoms with van der Waals surface area (Å²) in [4.78, 5) is 8.23. The number of aryl methyl sites for hydroxylation is 1. The lowest BCUT2D eigenvalue weighted by Crippen LogP contribution is -2.04. The van der Waals surface area contributed by atoms with Crippen molar-refractivity contribution in [2.45, 2.75) is 32.3 Å². The van der Waals surface area contributed by atoms with Gasteiger partial charge in [0.25, 0.3) is 0 Å². The zero-order chi connectivity index (χ0) is 11.5. The van der Waals surface area contributed by atoms with Crippen LogP contribution in [0.3, 0.4) is 0 Å². The minimum atomic E-state index is 0.373. The van der Waals surface area contributed by atoms with Crippen molar-refractivity contribution in [1.29, 1.82) is 0 Å². The Labute approximate surface area is 99.3 Å². The normalized spacial score (nSPS) is 14.4. The van der Waals surface area contributed by atoms with Crippen LogP contribution < -0.4 is 4.74 Å². The molecule has 1 aliphatic rings. The number of hydrogen-bond donors (Lipinski definition) is 1. The molecule has 88 valence electrons. The number of nitrogens with zero attached hydrogens (tertiary/aromatic N) is 3. The van der Waals surface area contributed by atoms with Crippen LogP contribution >= 0.6 is 0 Å². The van der Waals surface area contributed by atoms with Crippen molar-refractivity contribution in [1.82, 2.24) is 20.2 Å². The number of rotatable bonds is 3. The standard InChI is InChI=1S/C12H14N4O/c1-2-5-10-9(4-1)12(16-15-10)17-8-11-13-6-3-7-14-11/h3,6-7H,1-2,4-5,8H2,(H,15,16). The molecular weight excluding hydrogens is 216 g/mol. The fourth-order valence-electron chi connectivity index (χ4n) is 2.11. The average Bonchev–Trinajstić information content (AvgIpc) is 2.81. The molecule has 0 aliphatic heterocycles. The van der Waals surface area contributed by atoms with E-state index < -0.39 is 0 Å². The summed E-state index contributed by atoms with van der Waals surface area (Å²) < 4.78 is 5.66. The zero-order valence-electron chi connectivity index (χ0n) is 9.52. The maximum Gasteiger partial charge on any atom is 0.236 e. The average molecular weight is 230 g/mol. The van der Waals surface area contributed by atoms with E-state index in [1.807, 2.05) is 0 Å². The molecule has 1 N–H and O–H groups in total. The maximum atomic E-state index is 5.66. The molecule has 3 rings (SSSR count). The van der Waals surface area contributed by atoms with Crippen molar-refractivity contribution in [2.75, 3.05) is 0 Å². The Morgan fingerprint density at radius 3 is 2.88 bits per heavy atom. The Morgan fingerprint density at radius 2 is 2.00 bits per heavy atom. The van der Waals surface area contributed by atoms with Crippen LogP contribution in [0.2, 0.25) is 0 Å². The van der Waals surface area contributed by atoms with Crippen molar-refractivity contribution in [3.63, 3.8) is 0 Å². The third-order valence-electron chi connectivity index (χ3n) is 2.98. The Kier molecular flexibility index (Phi) is 2.73. The molecule has 0 spiro atoms. The van der Waals surface area contributed by atoms with Gasteiger partial charge in [-0.3, -0.25) is 5.10 Å². The highest BCUT2D eigenvalue weighted by Gasteiger charge is 2.17. The SMILES string of the molecule is c1cnc(COc2n[nH]c3c2CCCC3)nc1. The lowest BCUT2D eigenvalue weighted by Gasteiger charge is -2.10. The monoisotopic (exact) mass is 230 g/mol. The van der Waals surface area contributed by atoms with Crippen LogP contribution in [0.4, 0.5) is 0 Å². The number of hydrogen-bond acceptors (Lipinski definition) is 4. The number of ether oxygens (including phenoxy) is 1. The van der Waals surface area contributed by atoms with E-state index in [1.54, 1.807) is 18.5 Å². The molecule has 0 bridgehead atoms. The minimum Gasteiger partial charge on any atom is -0.468 e. The van der Waals surface area contributed by atoms with Crippen molar-refractivity contribution in [3.8, 4) is 5.88 Å². The third kappa shape index (κ3) is 2.13. The predicted octanol–water partition coefficient (Wildman–Crippen LogP) is 1.66. The molecule has 1 aliphatic carbocycles. The van der Waals surface area contributed by atoms with Gasteiger partial charge in [-0.2, -0.15) is 0 Å². The number of H-pyrrole nitrogens is 1. The van der Waals surface area contributed by atoms with E-state index in [-0.39, 0.29) is 0 Å². The van der Waals surface area contributed by atoms with E-state index >= 15 is 0 Å². The quantitative estimate of drug-likeness (QED) is 0.871. The van der Waals surface area contributed by atoms with Crippen LogP contribution in [0, 0.1) is 0 Å². The van der Waals surface area contributed by atoms with Crippen molar-refractivity contribution in [2.24, 2.45) is 0 Å². The van der Waals surface area contributed by atoms with Gasteiger partial charge in [0.1, 0.15) is 6.61 Å². The molecular formula is C12H14N4O. The molecule has 0 radical (unpaired) electrons. The summed E-state index contributed by atoms with van der Waals surface area (Å²) in [5, 5.41) is 7.26. The van der Waals surface area contributed by atoms with Gasteiger partial charge in [-0.1, -0.05) is 0 Å².